The van der Waals surface area contributed by atoms with Crippen molar-refractivity contribution in [1.82, 2.24) is 14.7 Å². The van der Waals surface area contributed by atoms with Crippen LogP contribution in [0.15, 0.2) is 12.1 Å². The van der Waals surface area contributed by atoms with Crippen LogP contribution in [0.5, 0.6) is 0 Å². The Morgan fingerprint density at radius 2 is 1.88 bits per heavy atom. The molecule has 1 amide bonds. The van der Waals surface area contributed by atoms with E-state index >= 15 is 0 Å². The molecule has 5 nitrogen and oxygen atoms in total. The number of imidazole rings is 1. The third-order valence-electron chi connectivity index (χ3n) is 6.87. The van der Waals surface area contributed by atoms with E-state index in [1.54, 1.807) is 0 Å². The summed E-state index contributed by atoms with van der Waals surface area (Å²) < 4.78 is 74.6. The molecule has 3 atom stereocenters. The average Bonchev–Trinajstić information content (AvgIpc) is 3.07. The van der Waals surface area contributed by atoms with Gasteiger partial charge in [-0.25, -0.2) is 13.8 Å². The number of nitrogens with one attached hydrogen (secondary N) is 1. The first kappa shape index (κ1) is 21.9. The van der Waals surface area contributed by atoms with Gasteiger partial charge >= 0.3 is 6.18 Å². The van der Waals surface area contributed by atoms with Crippen molar-refractivity contribution in [2.45, 2.75) is 50.2 Å². The van der Waals surface area contributed by atoms with Crippen LogP contribution in [-0.4, -0.2) is 40.5 Å². The number of halogens is 6. The van der Waals surface area contributed by atoms with Crippen LogP contribution in [-0.2, 0) is 17.3 Å². The zero-order valence-corrected chi connectivity index (χ0v) is 17.6. The van der Waals surface area contributed by atoms with Gasteiger partial charge in [0.25, 0.3) is 5.91 Å². The lowest BCUT2D eigenvalue weighted by molar-refractivity contribution is -0.141. The molecule has 1 N–H and O–H groups in total. The molecule has 0 unspecified atom stereocenters. The van der Waals surface area contributed by atoms with Crippen molar-refractivity contribution >= 4 is 23.2 Å². The summed E-state index contributed by atoms with van der Waals surface area (Å²) in [6.07, 6.45) is -5.24. The van der Waals surface area contributed by atoms with Gasteiger partial charge in [-0.15, -0.1) is 0 Å². The molecule has 2 aromatic heterocycles. The monoisotopic (exact) mass is 477 g/mol. The van der Waals surface area contributed by atoms with Crippen molar-refractivity contribution in [3.8, 4) is 0 Å². The molecule has 0 aromatic carbocycles. The second-order valence-corrected chi connectivity index (χ2v) is 9.42. The predicted molar refractivity (Wildman–Crippen MR) is 105 cm³/mol. The predicted octanol–water partition coefficient (Wildman–Crippen LogP) is 4.75. The Morgan fingerprint density at radius 3 is 2.50 bits per heavy atom. The van der Waals surface area contributed by atoms with Gasteiger partial charge in [-0.05, 0) is 37.3 Å². The molecule has 1 aliphatic heterocycles. The van der Waals surface area contributed by atoms with Gasteiger partial charge < -0.3 is 10.1 Å². The number of hydrogen-bond acceptors (Lipinski definition) is 3. The highest BCUT2D eigenvalue weighted by molar-refractivity contribution is 6.30. The third kappa shape index (κ3) is 3.96. The Morgan fingerprint density at radius 1 is 1.22 bits per heavy atom. The minimum absolute atomic E-state index is 0.00303. The number of amides is 1. The van der Waals surface area contributed by atoms with Gasteiger partial charge in [0, 0.05) is 36.3 Å². The number of carbonyl (C=O) groups excluding carboxylic acids is 1. The minimum Gasteiger partial charge on any atom is -0.381 e. The third-order valence-corrected chi connectivity index (χ3v) is 7.15. The van der Waals surface area contributed by atoms with E-state index in [4.69, 9.17) is 16.3 Å². The first-order valence-corrected chi connectivity index (χ1v) is 11.0. The summed E-state index contributed by atoms with van der Waals surface area (Å²) >= 11 is 6.32. The molecule has 3 fully saturated rings. The van der Waals surface area contributed by atoms with Crippen LogP contribution in [0.2, 0.25) is 5.15 Å². The molecule has 2 aromatic rings. The maximum absolute atomic E-state index is 13.7. The number of alkyl halides is 5. The summed E-state index contributed by atoms with van der Waals surface area (Å²) in [4.78, 5) is 16.4. The standard InChI is InChI=1S/C21H21ClF5N3O2/c22-15-6-11(19(31)29-17-12-8-32-9-13(12)17)7-16-28-18(21(25,26)27)14(30(15)16)5-10-1-3-20(23,24)4-2-10/h6-7,10,12-13,17H,1-5,8-9H2,(H,29,31)/t12-,13+,17+. The fourth-order valence-electron chi connectivity index (χ4n) is 4.99. The number of hydrogen-bond donors (Lipinski definition) is 1. The number of rotatable bonds is 4. The average molecular weight is 478 g/mol. The van der Waals surface area contributed by atoms with Crippen molar-refractivity contribution in [3.63, 3.8) is 0 Å². The summed E-state index contributed by atoms with van der Waals surface area (Å²) in [7, 11) is 0. The van der Waals surface area contributed by atoms with Crippen LogP contribution < -0.4 is 5.32 Å². The summed E-state index contributed by atoms with van der Waals surface area (Å²) in [5, 5.41) is 2.80. The Kier molecular flexibility index (Phi) is 5.16. The second-order valence-electron chi connectivity index (χ2n) is 9.03. The van der Waals surface area contributed by atoms with Crippen LogP contribution in [0.4, 0.5) is 22.0 Å². The van der Waals surface area contributed by atoms with Crippen molar-refractivity contribution < 1.29 is 31.5 Å². The number of carbonyl (C=O) groups is 1. The molecular weight excluding hydrogens is 457 g/mol. The van der Waals surface area contributed by atoms with Gasteiger partial charge in [0.15, 0.2) is 5.69 Å². The van der Waals surface area contributed by atoms with Crippen LogP contribution >= 0.6 is 11.6 Å². The highest BCUT2D eigenvalue weighted by Crippen LogP contribution is 2.44. The maximum atomic E-state index is 13.7. The Hall–Kier alpha value is -1.94. The molecule has 174 valence electrons. The van der Waals surface area contributed by atoms with E-state index in [0.29, 0.717) is 13.2 Å². The van der Waals surface area contributed by atoms with Gasteiger partial charge in [-0.3, -0.25) is 9.20 Å². The van der Waals surface area contributed by atoms with Gasteiger partial charge in [-0.1, -0.05) is 11.6 Å². The van der Waals surface area contributed by atoms with E-state index in [-0.39, 0.29) is 78.0 Å². The summed E-state index contributed by atoms with van der Waals surface area (Å²) in [5.41, 5.74) is -1.22. The number of nitrogens with zero attached hydrogens (tertiary/aromatic N) is 2. The van der Waals surface area contributed by atoms with Gasteiger partial charge in [-0.2, -0.15) is 13.2 Å². The van der Waals surface area contributed by atoms with Crippen LogP contribution in [0.3, 0.4) is 0 Å². The molecule has 2 aliphatic carbocycles. The highest BCUT2D eigenvalue weighted by atomic mass is 35.5. The number of aromatic nitrogens is 2. The summed E-state index contributed by atoms with van der Waals surface area (Å²) in [6.45, 7) is 1.17. The SMILES string of the molecule is O=C(N[C@H]1[C@@H]2COC[C@@H]21)c1cc(Cl)n2c(CC3CCC(F)(F)CC3)c(C(F)(F)F)nc2c1. The largest absolute Gasteiger partial charge is 0.435 e. The Balaban J connectivity index is 1.44. The molecule has 2 saturated carbocycles. The molecule has 3 aliphatic rings. The highest BCUT2D eigenvalue weighted by Gasteiger charge is 2.54. The van der Waals surface area contributed by atoms with E-state index in [9.17, 15) is 26.7 Å². The lowest BCUT2D eigenvalue weighted by Crippen LogP contribution is -2.30. The minimum atomic E-state index is -4.74. The summed E-state index contributed by atoms with van der Waals surface area (Å²) in [6, 6.07) is 2.60. The molecule has 3 heterocycles. The van der Waals surface area contributed by atoms with Crippen molar-refractivity contribution in [2.24, 2.45) is 17.8 Å². The Labute approximate surface area is 185 Å². The lowest BCUT2D eigenvalue weighted by atomic mass is 9.83. The van der Waals surface area contributed by atoms with Crippen LogP contribution in [0.1, 0.15) is 47.4 Å². The van der Waals surface area contributed by atoms with Gasteiger partial charge in [0.1, 0.15) is 10.8 Å². The fourth-order valence-corrected chi connectivity index (χ4v) is 5.30. The normalized spacial score (nSPS) is 27.5. The van der Waals surface area contributed by atoms with Gasteiger partial charge in [0.05, 0.1) is 18.9 Å². The van der Waals surface area contributed by atoms with E-state index in [2.05, 4.69) is 10.3 Å². The van der Waals surface area contributed by atoms with Crippen molar-refractivity contribution in [1.29, 1.82) is 0 Å². The molecule has 0 bridgehead atoms. The molecule has 0 spiro atoms. The molecule has 11 heteroatoms. The zero-order valence-electron chi connectivity index (χ0n) is 16.9. The molecular formula is C21H21ClF5N3O2. The fraction of sp³-hybridized carbons (Fsp3) is 0.619. The quantitative estimate of drug-likeness (QED) is 0.511. The van der Waals surface area contributed by atoms with Crippen LogP contribution in [0, 0.1) is 17.8 Å². The van der Waals surface area contributed by atoms with Crippen LogP contribution in [0.25, 0.3) is 5.65 Å². The van der Waals surface area contributed by atoms with Gasteiger partial charge in [0.2, 0.25) is 5.92 Å². The molecule has 1 saturated heterocycles. The van der Waals surface area contributed by atoms with E-state index < -0.39 is 23.7 Å². The second kappa shape index (κ2) is 7.55. The number of ether oxygens (including phenoxy) is 1. The molecule has 5 rings (SSSR count). The molecule has 32 heavy (non-hydrogen) atoms. The smallest absolute Gasteiger partial charge is 0.381 e. The number of pyridine rings is 1. The van der Waals surface area contributed by atoms with Crippen molar-refractivity contribution in [3.05, 3.63) is 34.2 Å². The Bertz CT molecular complexity index is 1050. The topological polar surface area (TPSA) is 55.6 Å². The number of fused-ring (bicyclic) bond motifs is 2. The molecule has 0 radical (unpaired) electrons. The van der Waals surface area contributed by atoms with E-state index in [1.807, 2.05) is 0 Å². The zero-order chi connectivity index (χ0) is 22.8. The summed E-state index contributed by atoms with van der Waals surface area (Å²) in [5.74, 6) is -2.98. The van der Waals surface area contributed by atoms with E-state index in [1.165, 1.54) is 16.5 Å². The van der Waals surface area contributed by atoms with E-state index in [0.717, 1.165) is 0 Å². The lowest BCUT2D eigenvalue weighted by Gasteiger charge is -2.28. The first-order chi connectivity index (χ1) is 15.0. The van der Waals surface area contributed by atoms with Crippen molar-refractivity contribution in [2.75, 3.05) is 13.2 Å². The maximum Gasteiger partial charge on any atom is 0.435 e. The first-order valence-electron chi connectivity index (χ1n) is 10.6.